The highest BCUT2D eigenvalue weighted by molar-refractivity contribution is 5.92. The average molecular weight is 408 g/mol. The van der Waals surface area contributed by atoms with Crippen molar-refractivity contribution in [2.75, 3.05) is 44.7 Å². The van der Waals surface area contributed by atoms with E-state index in [4.69, 9.17) is 4.74 Å². The summed E-state index contributed by atoms with van der Waals surface area (Å²) in [5.74, 6) is 0.920. The van der Waals surface area contributed by atoms with E-state index in [-0.39, 0.29) is 11.8 Å². The first kappa shape index (κ1) is 20.3. The van der Waals surface area contributed by atoms with Crippen molar-refractivity contribution in [3.05, 3.63) is 59.7 Å². The zero-order valence-corrected chi connectivity index (χ0v) is 17.7. The van der Waals surface area contributed by atoms with Crippen molar-refractivity contribution in [2.24, 2.45) is 0 Å². The normalized spacial score (nSPS) is 18.9. The molecule has 2 aromatic rings. The topological polar surface area (TPSA) is 53.1 Å². The molecule has 0 N–H and O–H groups in total. The van der Waals surface area contributed by atoms with Gasteiger partial charge in [0.2, 0.25) is 11.8 Å². The second kappa shape index (κ2) is 8.78. The lowest BCUT2D eigenvalue weighted by molar-refractivity contribution is -0.147. The highest BCUT2D eigenvalue weighted by Gasteiger charge is 2.39. The summed E-state index contributed by atoms with van der Waals surface area (Å²) < 4.78 is 5.49. The molecule has 2 aliphatic heterocycles. The lowest BCUT2D eigenvalue weighted by Gasteiger charge is -2.42. The summed E-state index contributed by atoms with van der Waals surface area (Å²) in [6.07, 6.45) is 1.21. The highest BCUT2D eigenvalue weighted by atomic mass is 16.5. The fourth-order valence-corrected chi connectivity index (χ4v) is 4.53. The van der Waals surface area contributed by atoms with Gasteiger partial charge in [0.25, 0.3) is 0 Å². The lowest BCUT2D eigenvalue weighted by atomic mass is 9.91. The molecule has 6 heteroatoms. The minimum atomic E-state index is -0.514. The van der Waals surface area contributed by atoms with Crippen LogP contribution in [0.15, 0.2) is 48.5 Å². The number of para-hydroxylation sites is 2. The zero-order valence-electron chi connectivity index (χ0n) is 17.7. The maximum Gasteiger partial charge on any atom is 0.250 e. The van der Waals surface area contributed by atoms with Gasteiger partial charge in [-0.25, -0.2) is 0 Å². The van der Waals surface area contributed by atoms with Gasteiger partial charge >= 0.3 is 0 Å². The first-order valence-electron chi connectivity index (χ1n) is 10.7. The van der Waals surface area contributed by atoms with E-state index in [1.54, 1.807) is 12.0 Å². The SMILES string of the molecule is CCCN1C(=O)Cc2ccccc2C1C(=O)N1CCN(c2ccccc2OC)CC1. The van der Waals surface area contributed by atoms with Crippen LogP contribution in [0.1, 0.15) is 30.5 Å². The predicted octanol–water partition coefficient (Wildman–Crippen LogP) is 2.88. The number of amides is 2. The number of hydrogen-bond donors (Lipinski definition) is 0. The molecule has 1 fully saturated rings. The van der Waals surface area contributed by atoms with Crippen LogP contribution in [0.4, 0.5) is 5.69 Å². The van der Waals surface area contributed by atoms with Gasteiger partial charge in [0.15, 0.2) is 0 Å². The van der Waals surface area contributed by atoms with Gasteiger partial charge in [-0.1, -0.05) is 43.3 Å². The minimum absolute atomic E-state index is 0.0311. The molecule has 0 bridgehead atoms. The summed E-state index contributed by atoms with van der Waals surface area (Å²) in [6, 6.07) is 15.3. The van der Waals surface area contributed by atoms with Crippen molar-refractivity contribution < 1.29 is 14.3 Å². The third-order valence-electron chi connectivity index (χ3n) is 6.04. The number of carbonyl (C=O) groups excluding carboxylic acids is 2. The van der Waals surface area contributed by atoms with E-state index in [0.717, 1.165) is 42.1 Å². The van der Waals surface area contributed by atoms with Gasteiger partial charge in [0, 0.05) is 32.7 Å². The lowest BCUT2D eigenvalue weighted by Crippen LogP contribution is -2.54. The quantitative estimate of drug-likeness (QED) is 0.765. The average Bonchev–Trinajstić information content (AvgIpc) is 2.79. The Morgan fingerprint density at radius 1 is 1.03 bits per heavy atom. The number of rotatable bonds is 5. The van der Waals surface area contributed by atoms with Crippen LogP contribution in [0.2, 0.25) is 0 Å². The predicted molar refractivity (Wildman–Crippen MR) is 117 cm³/mol. The van der Waals surface area contributed by atoms with Crippen molar-refractivity contribution in [3.8, 4) is 5.75 Å². The summed E-state index contributed by atoms with van der Waals surface area (Å²) >= 11 is 0. The Kier molecular flexibility index (Phi) is 5.93. The molecule has 0 saturated carbocycles. The summed E-state index contributed by atoms with van der Waals surface area (Å²) in [5.41, 5.74) is 3.00. The van der Waals surface area contributed by atoms with Crippen molar-refractivity contribution in [3.63, 3.8) is 0 Å². The summed E-state index contributed by atoms with van der Waals surface area (Å²) in [5, 5.41) is 0. The van der Waals surface area contributed by atoms with Crippen LogP contribution in [-0.2, 0) is 16.0 Å². The van der Waals surface area contributed by atoms with Gasteiger partial charge in [0.05, 0.1) is 19.2 Å². The third-order valence-corrected chi connectivity index (χ3v) is 6.04. The van der Waals surface area contributed by atoms with Gasteiger partial charge in [-0.3, -0.25) is 9.59 Å². The molecule has 1 saturated heterocycles. The monoisotopic (exact) mass is 407 g/mol. The fourth-order valence-electron chi connectivity index (χ4n) is 4.53. The van der Waals surface area contributed by atoms with Crippen molar-refractivity contribution in [2.45, 2.75) is 25.8 Å². The second-order valence-electron chi connectivity index (χ2n) is 7.85. The Labute approximate surface area is 178 Å². The van der Waals surface area contributed by atoms with Gasteiger partial charge in [-0.05, 0) is 29.7 Å². The van der Waals surface area contributed by atoms with Crippen LogP contribution in [-0.4, -0.2) is 61.4 Å². The zero-order chi connectivity index (χ0) is 21.1. The molecular formula is C24H29N3O3. The molecule has 158 valence electrons. The molecule has 0 spiro atoms. The van der Waals surface area contributed by atoms with E-state index in [9.17, 15) is 9.59 Å². The van der Waals surface area contributed by atoms with Gasteiger partial charge in [0.1, 0.15) is 11.8 Å². The number of carbonyl (C=O) groups is 2. The van der Waals surface area contributed by atoms with Crippen molar-refractivity contribution in [1.82, 2.24) is 9.80 Å². The second-order valence-corrected chi connectivity index (χ2v) is 7.85. The molecule has 0 aliphatic carbocycles. The van der Waals surface area contributed by atoms with Gasteiger partial charge < -0.3 is 19.4 Å². The Morgan fingerprint density at radius 2 is 1.73 bits per heavy atom. The third kappa shape index (κ3) is 3.74. The number of fused-ring (bicyclic) bond motifs is 1. The fraction of sp³-hybridized carbons (Fsp3) is 0.417. The van der Waals surface area contributed by atoms with Crippen LogP contribution in [0, 0.1) is 0 Å². The summed E-state index contributed by atoms with van der Waals surface area (Å²) in [6.45, 7) is 5.38. The van der Waals surface area contributed by atoms with Crippen molar-refractivity contribution in [1.29, 1.82) is 0 Å². The molecule has 1 atom stereocenters. The van der Waals surface area contributed by atoms with Gasteiger partial charge in [-0.2, -0.15) is 0 Å². The number of piperazine rings is 1. The molecule has 2 aliphatic rings. The van der Waals surface area contributed by atoms with Crippen LogP contribution in [0.25, 0.3) is 0 Å². The molecule has 2 aromatic carbocycles. The molecule has 0 aromatic heterocycles. The minimum Gasteiger partial charge on any atom is -0.495 e. The number of hydrogen-bond acceptors (Lipinski definition) is 4. The van der Waals surface area contributed by atoms with Crippen molar-refractivity contribution >= 4 is 17.5 Å². The number of nitrogens with zero attached hydrogens (tertiary/aromatic N) is 3. The molecule has 6 nitrogen and oxygen atoms in total. The number of anilines is 1. The first-order valence-corrected chi connectivity index (χ1v) is 10.7. The van der Waals surface area contributed by atoms with Crippen LogP contribution in [0.3, 0.4) is 0 Å². The molecular weight excluding hydrogens is 378 g/mol. The summed E-state index contributed by atoms with van der Waals surface area (Å²) in [7, 11) is 1.68. The Balaban J connectivity index is 1.53. The van der Waals surface area contributed by atoms with Crippen LogP contribution < -0.4 is 9.64 Å². The van der Waals surface area contributed by atoms with E-state index in [0.29, 0.717) is 26.1 Å². The molecule has 30 heavy (non-hydrogen) atoms. The van der Waals surface area contributed by atoms with E-state index < -0.39 is 6.04 Å². The van der Waals surface area contributed by atoms with Crippen LogP contribution in [0.5, 0.6) is 5.75 Å². The molecule has 4 rings (SSSR count). The highest BCUT2D eigenvalue weighted by Crippen LogP contribution is 2.33. The molecule has 2 heterocycles. The van der Waals surface area contributed by atoms with E-state index >= 15 is 0 Å². The standard InChI is InChI=1S/C24H29N3O3/c1-3-12-27-22(28)17-18-8-4-5-9-19(18)23(27)24(29)26-15-13-25(14-16-26)20-10-6-7-11-21(20)30-2/h4-11,23H,3,12-17H2,1-2H3. The first-order chi connectivity index (χ1) is 14.6. The van der Waals surface area contributed by atoms with E-state index in [1.807, 2.05) is 54.3 Å². The maximum absolute atomic E-state index is 13.6. The number of benzene rings is 2. The maximum atomic E-state index is 13.6. The van der Waals surface area contributed by atoms with Crippen LogP contribution >= 0.6 is 0 Å². The Bertz CT molecular complexity index is 921. The largest absolute Gasteiger partial charge is 0.495 e. The molecule has 1 unspecified atom stereocenters. The number of methoxy groups -OCH3 is 1. The van der Waals surface area contributed by atoms with E-state index in [1.165, 1.54) is 0 Å². The Hall–Kier alpha value is -3.02. The summed E-state index contributed by atoms with van der Waals surface area (Å²) in [4.78, 5) is 32.3. The molecule has 0 radical (unpaired) electrons. The van der Waals surface area contributed by atoms with E-state index in [2.05, 4.69) is 11.0 Å². The molecule has 2 amide bonds. The smallest absolute Gasteiger partial charge is 0.250 e. The van der Waals surface area contributed by atoms with Gasteiger partial charge in [-0.15, -0.1) is 0 Å². The number of ether oxygens (including phenoxy) is 1. The Morgan fingerprint density at radius 3 is 2.47 bits per heavy atom.